The van der Waals surface area contributed by atoms with E-state index in [1.165, 1.54) is 0 Å². The molecule has 7 heteroatoms. The van der Waals surface area contributed by atoms with Crippen LogP contribution in [0.1, 0.15) is 12.0 Å². The van der Waals surface area contributed by atoms with Crippen LogP contribution in [0.15, 0.2) is 36.4 Å². The minimum atomic E-state index is -0.836. The van der Waals surface area contributed by atoms with Gasteiger partial charge < -0.3 is 19.9 Å². The van der Waals surface area contributed by atoms with E-state index in [2.05, 4.69) is 5.32 Å². The van der Waals surface area contributed by atoms with E-state index in [4.69, 9.17) is 32.7 Å². The van der Waals surface area contributed by atoms with Crippen molar-refractivity contribution in [1.82, 2.24) is 0 Å². The van der Waals surface area contributed by atoms with Crippen LogP contribution in [0.25, 0.3) is 0 Å². The first-order chi connectivity index (χ1) is 12.0. The van der Waals surface area contributed by atoms with Crippen LogP contribution < -0.4 is 14.8 Å². The van der Waals surface area contributed by atoms with Crippen LogP contribution in [0.4, 0.5) is 5.69 Å². The van der Waals surface area contributed by atoms with Crippen molar-refractivity contribution in [1.29, 1.82) is 0 Å². The summed E-state index contributed by atoms with van der Waals surface area (Å²) in [5, 5.41) is 13.7. The second kappa shape index (κ2) is 7.95. The Morgan fingerprint density at radius 3 is 2.68 bits per heavy atom. The zero-order chi connectivity index (χ0) is 17.8. The van der Waals surface area contributed by atoms with Gasteiger partial charge in [-0.05, 0) is 36.2 Å². The predicted octanol–water partition coefficient (Wildman–Crippen LogP) is 3.70. The Hall–Kier alpha value is -1.95. The monoisotopic (exact) mass is 381 g/mol. The smallest absolute Gasteiger partial charge is 0.224 e. The molecule has 0 aliphatic carbocycles. The number of ether oxygens (including phenoxy) is 2. The first-order valence-corrected chi connectivity index (χ1v) is 8.58. The number of fused-ring (bicyclic) bond motifs is 1. The number of anilines is 1. The molecule has 2 aromatic carbocycles. The first-order valence-electron chi connectivity index (χ1n) is 7.83. The van der Waals surface area contributed by atoms with Crippen molar-refractivity contribution in [3.8, 4) is 11.5 Å². The lowest BCUT2D eigenvalue weighted by Crippen LogP contribution is -2.25. The molecule has 2 aromatic rings. The number of benzene rings is 2. The molecule has 1 unspecified atom stereocenters. The molecule has 3 rings (SSSR count). The van der Waals surface area contributed by atoms with Crippen LogP contribution in [0.2, 0.25) is 10.0 Å². The van der Waals surface area contributed by atoms with Gasteiger partial charge in [-0.3, -0.25) is 4.79 Å². The van der Waals surface area contributed by atoms with Gasteiger partial charge in [-0.2, -0.15) is 0 Å². The first kappa shape index (κ1) is 17.9. The van der Waals surface area contributed by atoms with Crippen molar-refractivity contribution in [2.24, 2.45) is 0 Å². The number of rotatable bonds is 6. The molecular weight excluding hydrogens is 365 g/mol. The van der Waals surface area contributed by atoms with E-state index in [-0.39, 0.29) is 19.1 Å². The van der Waals surface area contributed by atoms with Gasteiger partial charge in [0.05, 0.1) is 5.02 Å². The van der Waals surface area contributed by atoms with Crippen LogP contribution >= 0.6 is 23.2 Å². The van der Waals surface area contributed by atoms with Crippen LogP contribution in [0, 0.1) is 0 Å². The number of aliphatic hydroxyl groups excluding tert-OH is 1. The molecule has 1 atom stereocenters. The minimum absolute atomic E-state index is 0.00192. The van der Waals surface area contributed by atoms with Crippen molar-refractivity contribution in [2.45, 2.75) is 18.9 Å². The number of aliphatic hydroxyl groups is 1. The fourth-order valence-corrected chi connectivity index (χ4v) is 2.92. The molecule has 0 bridgehead atoms. The molecule has 5 nitrogen and oxygen atoms in total. The maximum atomic E-state index is 11.4. The highest BCUT2D eigenvalue weighted by Crippen LogP contribution is 2.28. The van der Waals surface area contributed by atoms with Crippen molar-refractivity contribution in [3.05, 3.63) is 52.0 Å². The summed E-state index contributed by atoms with van der Waals surface area (Å²) < 4.78 is 11.0. The number of halogens is 2. The fourth-order valence-electron chi connectivity index (χ4n) is 2.46. The van der Waals surface area contributed by atoms with E-state index in [0.717, 1.165) is 17.7 Å². The molecule has 0 spiro atoms. The van der Waals surface area contributed by atoms with E-state index in [9.17, 15) is 9.90 Å². The molecule has 25 heavy (non-hydrogen) atoms. The van der Waals surface area contributed by atoms with E-state index < -0.39 is 6.10 Å². The van der Waals surface area contributed by atoms with Crippen molar-refractivity contribution >= 4 is 34.8 Å². The Labute approximate surface area is 155 Å². The second-order valence-electron chi connectivity index (χ2n) is 5.72. The zero-order valence-corrected chi connectivity index (χ0v) is 14.8. The molecule has 0 aromatic heterocycles. The zero-order valence-electron chi connectivity index (χ0n) is 13.3. The summed E-state index contributed by atoms with van der Waals surface area (Å²) in [7, 11) is 0. The summed E-state index contributed by atoms with van der Waals surface area (Å²) >= 11 is 11.8. The molecule has 1 amide bonds. The Bertz CT molecular complexity index is 782. The van der Waals surface area contributed by atoms with Crippen LogP contribution in [0.3, 0.4) is 0 Å². The van der Waals surface area contributed by atoms with Gasteiger partial charge in [0.15, 0.2) is 0 Å². The highest BCUT2D eigenvalue weighted by atomic mass is 35.5. The summed E-state index contributed by atoms with van der Waals surface area (Å²) in [6.07, 6.45) is 0.383. The van der Waals surface area contributed by atoms with Gasteiger partial charge in [-0.15, -0.1) is 0 Å². The molecule has 1 aliphatic rings. The number of nitrogens with one attached hydrogen (secondary N) is 1. The minimum Gasteiger partial charge on any atom is -0.491 e. The van der Waals surface area contributed by atoms with Gasteiger partial charge in [-0.1, -0.05) is 29.3 Å². The lowest BCUT2D eigenvalue weighted by atomic mass is 10.0. The maximum absolute atomic E-state index is 11.4. The highest BCUT2D eigenvalue weighted by Gasteiger charge is 2.15. The number of carbonyl (C=O) groups is 1. The fraction of sp³-hybridized carbons (Fsp3) is 0.278. The second-order valence-corrected chi connectivity index (χ2v) is 6.56. The molecule has 0 saturated carbocycles. The largest absolute Gasteiger partial charge is 0.491 e. The Balaban J connectivity index is 1.51. The summed E-state index contributed by atoms with van der Waals surface area (Å²) in [6.45, 7) is 0.0843. The van der Waals surface area contributed by atoms with Gasteiger partial charge in [0, 0.05) is 23.2 Å². The molecule has 0 saturated heterocycles. The van der Waals surface area contributed by atoms with E-state index in [1.807, 2.05) is 12.1 Å². The van der Waals surface area contributed by atoms with E-state index >= 15 is 0 Å². The molecule has 1 heterocycles. The summed E-state index contributed by atoms with van der Waals surface area (Å²) in [6, 6.07) is 10.4. The van der Waals surface area contributed by atoms with Crippen LogP contribution in [0.5, 0.6) is 11.5 Å². The molecule has 0 radical (unpaired) electrons. The standard InChI is InChI=1S/C18H17Cl2NO4/c19-12-3-5-17(15(20)7-12)25-10-13(22)9-24-14-4-1-11-2-6-18(23)21-16(11)8-14/h1,3-5,7-8,13,22H,2,6,9-10H2,(H,21,23). The molecular formula is C18H17Cl2NO4. The summed E-state index contributed by atoms with van der Waals surface area (Å²) in [5.74, 6) is 1.02. The van der Waals surface area contributed by atoms with Gasteiger partial charge in [-0.25, -0.2) is 0 Å². The average Bonchev–Trinajstić information content (AvgIpc) is 2.58. The third-order valence-electron chi connectivity index (χ3n) is 3.74. The Morgan fingerprint density at radius 1 is 1.08 bits per heavy atom. The number of amides is 1. The topological polar surface area (TPSA) is 67.8 Å². The van der Waals surface area contributed by atoms with Gasteiger partial charge in [0.1, 0.15) is 30.8 Å². The maximum Gasteiger partial charge on any atom is 0.224 e. The lowest BCUT2D eigenvalue weighted by Gasteiger charge is -2.18. The average molecular weight is 382 g/mol. The molecule has 1 aliphatic heterocycles. The van der Waals surface area contributed by atoms with Gasteiger partial charge in [0.25, 0.3) is 0 Å². The Kier molecular flexibility index (Phi) is 5.68. The van der Waals surface area contributed by atoms with Crippen LogP contribution in [-0.2, 0) is 11.2 Å². The van der Waals surface area contributed by atoms with Crippen molar-refractivity contribution in [2.75, 3.05) is 18.5 Å². The normalized spacial score (nSPS) is 14.4. The van der Waals surface area contributed by atoms with Crippen molar-refractivity contribution in [3.63, 3.8) is 0 Å². The van der Waals surface area contributed by atoms with Crippen molar-refractivity contribution < 1.29 is 19.4 Å². The predicted molar refractivity (Wildman–Crippen MR) is 96.9 cm³/mol. The quantitative estimate of drug-likeness (QED) is 0.800. The Morgan fingerprint density at radius 2 is 1.88 bits per heavy atom. The number of hydrogen-bond acceptors (Lipinski definition) is 4. The summed E-state index contributed by atoms with van der Waals surface area (Å²) in [4.78, 5) is 11.4. The number of aryl methyl sites for hydroxylation is 1. The summed E-state index contributed by atoms with van der Waals surface area (Å²) in [5.41, 5.74) is 1.83. The third kappa shape index (κ3) is 4.78. The number of hydrogen-bond donors (Lipinski definition) is 2. The van der Waals surface area contributed by atoms with Gasteiger partial charge in [0.2, 0.25) is 5.91 Å². The molecule has 2 N–H and O–H groups in total. The van der Waals surface area contributed by atoms with E-state index in [0.29, 0.717) is 28.0 Å². The SMILES string of the molecule is O=C1CCc2ccc(OCC(O)COc3ccc(Cl)cc3Cl)cc2N1. The highest BCUT2D eigenvalue weighted by molar-refractivity contribution is 6.35. The van der Waals surface area contributed by atoms with Gasteiger partial charge >= 0.3 is 0 Å². The lowest BCUT2D eigenvalue weighted by molar-refractivity contribution is -0.116. The molecule has 0 fully saturated rings. The van der Waals surface area contributed by atoms with E-state index in [1.54, 1.807) is 24.3 Å². The molecule has 132 valence electrons. The third-order valence-corrected chi connectivity index (χ3v) is 4.27. The van der Waals surface area contributed by atoms with Crippen LogP contribution in [-0.4, -0.2) is 30.3 Å². The number of carbonyl (C=O) groups excluding carboxylic acids is 1.